The summed E-state index contributed by atoms with van der Waals surface area (Å²) in [5.74, 6) is -0.496. The van der Waals surface area contributed by atoms with Crippen molar-refractivity contribution in [3.8, 4) is 0 Å². The molecule has 0 fully saturated rings. The average molecular weight is 238 g/mol. The maximum atomic E-state index is 12.1. The predicted molar refractivity (Wildman–Crippen MR) is 70.9 cm³/mol. The molecule has 0 N–H and O–H groups in total. The highest BCUT2D eigenvalue weighted by Crippen LogP contribution is 2.30. The number of Topliss-reactive ketones (excluding diaryl/α,β-unsaturated/α-hetero) is 2. The van der Waals surface area contributed by atoms with Crippen molar-refractivity contribution in [2.75, 3.05) is 0 Å². The first-order valence-corrected chi connectivity index (χ1v) is 6.17. The van der Waals surface area contributed by atoms with Gasteiger partial charge in [0.1, 0.15) is 5.78 Å². The SMILES string of the molecule is Cc1ccc2c3c(ccc2c1)C(=O)C(C)C(=O)C3. The van der Waals surface area contributed by atoms with Crippen molar-refractivity contribution < 1.29 is 9.59 Å². The lowest BCUT2D eigenvalue weighted by molar-refractivity contribution is -0.120. The van der Waals surface area contributed by atoms with E-state index in [4.69, 9.17) is 0 Å². The highest BCUT2D eigenvalue weighted by molar-refractivity contribution is 6.17. The number of rotatable bonds is 0. The lowest BCUT2D eigenvalue weighted by Crippen LogP contribution is -2.29. The van der Waals surface area contributed by atoms with Gasteiger partial charge >= 0.3 is 0 Å². The van der Waals surface area contributed by atoms with Crippen LogP contribution in [0, 0.1) is 12.8 Å². The average Bonchev–Trinajstić information content (AvgIpc) is 2.35. The van der Waals surface area contributed by atoms with Crippen molar-refractivity contribution in [2.24, 2.45) is 5.92 Å². The number of hydrogen-bond donors (Lipinski definition) is 0. The Kier molecular flexibility index (Phi) is 2.34. The van der Waals surface area contributed by atoms with E-state index in [0.717, 1.165) is 21.9 Å². The second-order valence-corrected chi connectivity index (χ2v) is 5.05. The van der Waals surface area contributed by atoms with Crippen LogP contribution in [0.25, 0.3) is 10.8 Å². The Hall–Kier alpha value is -1.96. The van der Waals surface area contributed by atoms with Crippen LogP contribution in [0.4, 0.5) is 0 Å². The van der Waals surface area contributed by atoms with Crippen molar-refractivity contribution in [3.63, 3.8) is 0 Å². The third-order valence-electron chi connectivity index (χ3n) is 3.78. The molecule has 0 heterocycles. The molecule has 2 aromatic rings. The van der Waals surface area contributed by atoms with Crippen LogP contribution in [0.15, 0.2) is 30.3 Å². The summed E-state index contributed by atoms with van der Waals surface area (Å²) in [6.45, 7) is 3.74. The van der Waals surface area contributed by atoms with E-state index in [0.29, 0.717) is 6.42 Å². The summed E-state index contributed by atoms with van der Waals surface area (Å²) in [5.41, 5.74) is 2.81. The molecule has 0 aromatic heterocycles. The van der Waals surface area contributed by atoms with Gasteiger partial charge in [-0.05, 0) is 30.2 Å². The summed E-state index contributed by atoms with van der Waals surface area (Å²) < 4.78 is 0. The number of carbonyl (C=O) groups excluding carboxylic acids is 2. The summed E-state index contributed by atoms with van der Waals surface area (Å²) in [5, 5.41) is 2.13. The van der Waals surface area contributed by atoms with E-state index in [9.17, 15) is 9.59 Å². The van der Waals surface area contributed by atoms with Crippen molar-refractivity contribution in [1.29, 1.82) is 0 Å². The van der Waals surface area contributed by atoms with E-state index in [1.807, 2.05) is 31.2 Å². The van der Waals surface area contributed by atoms with Crippen LogP contribution in [0.5, 0.6) is 0 Å². The standard InChI is InChI=1S/C16H14O2/c1-9-3-5-12-11(7-9)4-6-13-14(12)8-15(17)10(2)16(13)18/h3-7,10H,8H2,1-2H3. The molecule has 1 unspecified atom stereocenters. The normalized spacial score (nSPS) is 19.1. The Bertz CT molecular complexity index is 683. The van der Waals surface area contributed by atoms with E-state index in [2.05, 4.69) is 6.07 Å². The molecule has 2 nitrogen and oxygen atoms in total. The van der Waals surface area contributed by atoms with Gasteiger partial charge < -0.3 is 0 Å². The Morgan fingerprint density at radius 1 is 1.11 bits per heavy atom. The molecule has 0 saturated heterocycles. The molecule has 2 heteroatoms. The van der Waals surface area contributed by atoms with Crippen LogP contribution >= 0.6 is 0 Å². The molecule has 0 saturated carbocycles. The third kappa shape index (κ3) is 1.49. The molecule has 90 valence electrons. The molecule has 3 rings (SSSR count). The van der Waals surface area contributed by atoms with Gasteiger partial charge in [-0.15, -0.1) is 0 Å². The van der Waals surface area contributed by atoms with Crippen LogP contribution in [0.3, 0.4) is 0 Å². The smallest absolute Gasteiger partial charge is 0.173 e. The van der Waals surface area contributed by atoms with Gasteiger partial charge in [0.15, 0.2) is 5.78 Å². The quantitative estimate of drug-likeness (QED) is 0.661. The summed E-state index contributed by atoms with van der Waals surface area (Å²) in [7, 11) is 0. The number of fused-ring (bicyclic) bond motifs is 3. The number of aryl methyl sites for hydroxylation is 1. The summed E-state index contributed by atoms with van der Waals surface area (Å²) in [6, 6.07) is 9.96. The minimum absolute atomic E-state index is 0.0283. The number of hydrogen-bond acceptors (Lipinski definition) is 2. The van der Waals surface area contributed by atoms with Gasteiger partial charge in [0, 0.05) is 12.0 Å². The van der Waals surface area contributed by atoms with Crippen molar-refractivity contribution >= 4 is 22.3 Å². The molecule has 0 aliphatic heterocycles. The molecular weight excluding hydrogens is 224 g/mol. The molecule has 1 aliphatic carbocycles. The zero-order valence-electron chi connectivity index (χ0n) is 10.5. The highest BCUT2D eigenvalue weighted by Gasteiger charge is 2.31. The molecule has 18 heavy (non-hydrogen) atoms. The van der Waals surface area contributed by atoms with E-state index in [1.54, 1.807) is 6.92 Å². The molecule has 1 aliphatic rings. The maximum absolute atomic E-state index is 12.1. The molecular formula is C16H14O2. The first kappa shape index (κ1) is 11.1. The fraction of sp³-hybridized carbons (Fsp3) is 0.250. The van der Waals surface area contributed by atoms with Crippen molar-refractivity contribution in [3.05, 3.63) is 47.0 Å². The number of carbonyl (C=O) groups is 2. The zero-order chi connectivity index (χ0) is 12.9. The zero-order valence-corrected chi connectivity index (χ0v) is 10.5. The van der Waals surface area contributed by atoms with Crippen LogP contribution < -0.4 is 0 Å². The minimum atomic E-state index is -0.486. The van der Waals surface area contributed by atoms with Crippen molar-refractivity contribution in [1.82, 2.24) is 0 Å². The van der Waals surface area contributed by atoms with Gasteiger partial charge in [0.25, 0.3) is 0 Å². The Morgan fingerprint density at radius 2 is 1.89 bits per heavy atom. The molecule has 0 bridgehead atoms. The summed E-state index contributed by atoms with van der Waals surface area (Å²) in [4.78, 5) is 24.0. The summed E-state index contributed by atoms with van der Waals surface area (Å²) in [6.07, 6.45) is 0.378. The second-order valence-electron chi connectivity index (χ2n) is 5.05. The maximum Gasteiger partial charge on any atom is 0.173 e. The second kappa shape index (κ2) is 3.77. The van der Waals surface area contributed by atoms with Gasteiger partial charge in [-0.2, -0.15) is 0 Å². The Morgan fingerprint density at radius 3 is 2.67 bits per heavy atom. The van der Waals surface area contributed by atoms with Gasteiger partial charge in [0.2, 0.25) is 0 Å². The first-order valence-electron chi connectivity index (χ1n) is 6.17. The predicted octanol–water partition coefficient (Wildman–Crippen LogP) is 3.09. The highest BCUT2D eigenvalue weighted by atomic mass is 16.2. The van der Waals surface area contributed by atoms with Crippen LogP contribution in [0.1, 0.15) is 28.4 Å². The van der Waals surface area contributed by atoms with E-state index in [1.165, 1.54) is 5.56 Å². The van der Waals surface area contributed by atoms with Crippen LogP contribution in [-0.4, -0.2) is 11.6 Å². The summed E-state index contributed by atoms with van der Waals surface area (Å²) >= 11 is 0. The van der Waals surface area contributed by atoms with Gasteiger partial charge in [-0.1, -0.05) is 35.9 Å². The fourth-order valence-electron chi connectivity index (χ4n) is 2.64. The van der Waals surface area contributed by atoms with Gasteiger partial charge in [-0.25, -0.2) is 0 Å². The van der Waals surface area contributed by atoms with Crippen LogP contribution in [-0.2, 0) is 11.2 Å². The fourth-order valence-corrected chi connectivity index (χ4v) is 2.64. The minimum Gasteiger partial charge on any atom is -0.299 e. The largest absolute Gasteiger partial charge is 0.299 e. The topological polar surface area (TPSA) is 34.1 Å². The van der Waals surface area contributed by atoms with Gasteiger partial charge in [-0.3, -0.25) is 9.59 Å². The third-order valence-corrected chi connectivity index (χ3v) is 3.78. The van der Waals surface area contributed by atoms with E-state index < -0.39 is 5.92 Å². The lowest BCUT2D eigenvalue weighted by Gasteiger charge is -2.21. The number of benzene rings is 2. The monoisotopic (exact) mass is 238 g/mol. The Labute approximate surface area is 106 Å². The Balaban J connectivity index is 2.33. The molecule has 0 radical (unpaired) electrons. The number of ketones is 2. The van der Waals surface area contributed by atoms with Gasteiger partial charge in [0.05, 0.1) is 5.92 Å². The van der Waals surface area contributed by atoms with Crippen LogP contribution in [0.2, 0.25) is 0 Å². The van der Waals surface area contributed by atoms with E-state index >= 15 is 0 Å². The molecule has 0 spiro atoms. The first-order chi connectivity index (χ1) is 8.58. The van der Waals surface area contributed by atoms with E-state index in [-0.39, 0.29) is 11.6 Å². The molecule has 1 atom stereocenters. The van der Waals surface area contributed by atoms with Crippen molar-refractivity contribution in [2.45, 2.75) is 20.3 Å². The lowest BCUT2D eigenvalue weighted by atomic mass is 9.80. The molecule has 0 amide bonds. The molecule has 2 aromatic carbocycles.